The molecule has 114 valence electrons. The number of aromatic nitrogens is 1. The maximum atomic E-state index is 4.59. The standard InChI is InChI=1S/C14H20N4S3/c1-2-15-13(18-11-12-5-3-8-19-12)16-6-4-9-20-14-17-7-10-21-14/h3,5,7-8,10H,2,4,6,9,11H2,1H3,(H2,15,16,18). The first-order valence-corrected chi connectivity index (χ1v) is 9.70. The summed E-state index contributed by atoms with van der Waals surface area (Å²) >= 11 is 5.25. The zero-order chi connectivity index (χ0) is 14.8. The summed E-state index contributed by atoms with van der Waals surface area (Å²) in [6.07, 6.45) is 2.94. The van der Waals surface area contributed by atoms with Gasteiger partial charge in [0.05, 0.1) is 6.54 Å². The molecule has 0 aliphatic rings. The van der Waals surface area contributed by atoms with E-state index < -0.39 is 0 Å². The number of nitrogens with one attached hydrogen (secondary N) is 2. The van der Waals surface area contributed by atoms with Gasteiger partial charge < -0.3 is 10.6 Å². The van der Waals surface area contributed by atoms with E-state index in [4.69, 9.17) is 0 Å². The van der Waals surface area contributed by atoms with Gasteiger partial charge in [-0.05, 0) is 24.8 Å². The SMILES string of the molecule is CCNC(=NCc1cccs1)NCCCSc1nccs1. The minimum absolute atomic E-state index is 0.737. The molecule has 21 heavy (non-hydrogen) atoms. The van der Waals surface area contributed by atoms with E-state index in [1.165, 1.54) is 4.88 Å². The van der Waals surface area contributed by atoms with Gasteiger partial charge in [-0.15, -0.1) is 22.7 Å². The Morgan fingerprint density at radius 2 is 2.29 bits per heavy atom. The van der Waals surface area contributed by atoms with E-state index in [9.17, 15) is 0 Å². The molecule has 7 heteroatoms. The molecule has 0 aliphatic heterocycles. The Kier molecular flexibility index (Phi) is 7.62. The summed E-state index contributed by atoms with van der Waals surface area (Å²) in [4.78, 5) is 10.1. The van der Waals surface area contributed by atoms with Gasteiger partial charge in [-0.3, -0.25) is 0 Å². The van der Waals surface area contributed by atoms with Gasteiger partial charge in [-0.2, -0.15) is 0 Å². The van der Waals surface area contributed by atoms with Gasteiger partial charge in [-0.1, -0.05) is 17.8 Å². The molecule has 0 aliphatic carbocycles. The summed E-state index contributed by atoms with van der Waals surface area (Å²) in [6.45, 7) is 4.63. The lowest BCUT2D eigenvalue weighted by molar-refractivity contribution is 0.790. The van der Waals surface area contributed by atoms with Crippen LogP contribution in [-0.4, -0.2) is 29.8 Å². The zero-order valence-electron chi connectivity index (χ0n) is 12.0. The molecule has 0 bridgehead atoms. The molecule has 0 saturated carbocycles. The molecule has 0 spiro atoms. The van der Waals surface area contributed by atoms with Crippen LogP contribution in [0.3, 0.4) is 0 Å². The van der Waals surface area contributed by atoms with Crippen LogP contribution in [0.4, 0.5) is 0 Å². The number of hydrogen-bond acceptors (Lipinski definition) is 5. The molecule has 0 radical (unpaired) electrons. The quantitative estimate of drug-likeness (QED) is 0.334. The van der Waals surface area contributed by atoms with Gasteiger partial charge in [0, 0.05) is 35.3 Å². The van der Waals surface area contributed by atoms with Gasteiger partial charge in [0.1, 0.15) is 4.34 Å². The Hall–Kier alpha value is -1.05. The molecular formula is C14H20N4S3. The minimum atomic E-state index is 0.737. The summed E-state index contributed by atoms with van der Waals surface area (Å²) in [7, 11) is 0. The Labute approximate surface area is 138 Å². The molecule has 0 fully saturated rings. The smallest absolute Gasteiger partial charge is 0.191 e. The monoisotopic (exact) mass is 340 g/mol. The summed E-state index contributed by atoms with van der Waals surface area (Å²) in [5.74, 6) is 1.97. The van der Waals surface area contributed by atoms with Crippen LogP contribution in [0.15, 0.2) is 38.4 Å². The molecule has 4 nitrogen and oxygen atoms in total. The maximum absolute atomic E-state index is 4.59. The number of thiophene rings is 1. The number of hydrogen-bond donors (Lipinski definition) is 2. The van der Waals surface area contributed by atoms with E-state index in [2.05, 4.69) is 45.0 Å². The number of aliphatic imine (C=N–C) groups is 1. The van der Waals surface area contributed by atoms with Crippen LogP contribution in [0.1, 0.15) is 18.2 Å². The highest BCUT2D eigenvalue weighted by Crippen LogP contribution is 2.20. The van der Waals surface area contributed by atoms with Crippen LogP contribution in [0, 0.1) is 0 Å². The van der Waals surface area contributed by atoms with Crippen molar-refractivity contribution < 1.29 is 0 Å². The largest absolute Gasteiger partial charge is 0.357 e. The predicted octanol–water partition coefficient (Wildman–Crippen LogP) is 3.44. The van der Waals surface area contributed by atoms with Crippen molar-refractivity contribution in [1.29, 1.82) is 0 Å². The summed E-state index contributed by atoms with van der Waals surface area (Å²) in [6, 6.07) is 4.17. The van der Waals surface area contributed by atoms with E-state index in [1.807, 2.05) is 23.3 Å². The number of guanidine groups is 1. The second-order valence-electron chi connectivity index (χ2n) is 4.20. The van der Waals surface area contributed by atoms with Crippen molar-refractivity contribution >= 4 is 40.4 Å². The van der Waals surface area contributed by atoms with Gasteiger partial charge in [0.2, 0.25) is 0 Å². The average molecular weight is 341 g/mol. The fourth-order valence-corrected chi connectivity index (χ4v) is 3.90. The number of thiazole rings is 1. The Balaban J connectivity index is 1.66. The first kappa shape index (κ1) is 16.3. The van der Waals surface area contributed by atoms with Gasteiger partial charge in [-0.25, -0.2) is 9.98 Å². The van der Waals surface area contributed by atoms with E-state index in [0.29, 0.717) is 0 Å². The van der Waals surface area contributed by atoms with Crippen LogP contribution in [0.25, 0.3) is 0 Å². The lowest BCUT2D eigenvalue weighted by Gasteiger charge is -2.10. The third kappa shape index (κ3) is 6.50. The van der Waals surface area contributed by atoms with Crippen molar-refractivity contribution in [2.45, 2.75) is 24.2 Å². The van der Waals surface area contributed by atoms with Crippen LogP contribution in [0.2, 0.25) is 0 Å². The highest BCUT2D eigenvalue weighted by atomic mass is 32.2. The van der Waals surface area contributed by atoms with Crippen molar-refractivity contribution in [3.63, 3.8) is 0 Å². The molecular weight excluding hydrogens is 320 g/mol. The molecule has 2 aromatic heterocycles. The Bertz CT molecular complexity index is 508. The summed E-state index contributed by atoms with van der Waals surface area (Å²) in [5.41, 5.74) is 0. The van der Waals surface area contributed by atoms with Crippen LogP contribution in [-0.2, 0) is 6.54 Å². The fourth-order valence-electron chi connectivity index (χ4n) is 1.62. The number of thioether (sulfide) groups is 1. The average Bonchev–Trinajstić information content (AvgIpc) is 3.17. The lowest BCUT2D eigenvalue weighted by Crippen LogP contribution is -2.37. The molecule has 2 N–H and O–H groups in total. The molecule has 2 rings (SSSR count). The van der Waals surface area contributed by atoms with Crippen molar-refractivity contribution in [1.82, 2.24) is 15.6 Å². The van der Waals surface area contributed by atoms with Crippen LogP contribution < -0.4 is 10.6 Å². The van der Waals surface area contributed by atoms with Gasteiger partial charge in [0.25, 0.3) is 0 Å². The third-order valence-corrected chi connectivity index (χ3v) is 5.48. The number of nitrogens with zero attached hydrogens (tertiary/aromatic N) is 2. The normalized spacial score (nSPS) is 11.6. The molecule has 2 aromatic rings. The summed E-state index contributed by atoms with van der Waals surface area (Å²) in [5, 5.41) is 10.8. The third-order valence-electron chi connectivity index (χ3n) is 2.57. The van der Waals surface area contributed by atoms with E-state index in [1.54, 1.807) is 22.7 Å². The molecule has 0 unspecified atom stereocenters. The van der Waals surface area contributed by atoms with Gasteiger partial charge in [0.15, 0.2) is 5.96 Å². The topological polar surface area (TPSA) is 49.3 Å². The van der Waals surface area contributed by atoms with Crippen molar-refractivity contribution in [3.8, 4) is 0 Å². The molecule has 0 amide bonds. The van der Waals surface area contributed by atoms with Crippen molar-refractivity contribution in [2.24, 2.45) is 4.99 Å². The summed E-state index contributed by atoms with van der Waals surface area (Å²) < 4.78 is 1.15. The van der Waals surface area contributed by atoms with Crippen molar-refractivity contribution in [2.75, 3.05) is 18.8 Å². The Morgan fingerprint density at radius 1 is 1.33 bits per heavy atom. The van der Waals surface area contributed by atoms with E-state index in [0.717, 1.165) is 42.1 Å². The molecule has 0 saturated heterocycles. The van der Waals surface area contributed by atoms with Gasteiger partial charge >= 0.3 is 0 Å². The first-order valence-electron chi connectivity index (χ1n) is 6.95. The van der Waals surface area contributed by atoms with E-state index >= 15 is 0 Å². The van der Waals surface area contributed by atoms with Crippen LogP contribution in [0.5, 0.6) is 0 Å². The highest BCUT2D eigenvalue weighted by molar-refractivity contribution is 8.00. The molecule has 2 heterocycles. The zero-order valence-corrected chi connectivity index (χ0v) is 14.5. The predicted molar refractivity (Wildman–Crippen MR) is 94.6 cm³/mol. The lowest BCUT2D eigenvalue weighted by atomic mass is 10.4. The van der Waals surface area contributed by atoms with Crippen LogP contribution >= 0.6 is 34.4 Å². The maximum Gasteiger partial charge on any atom is 0.191 e. The van der Waals surface area contributed by atoms with E-state index in [-0.39, 0.29) is 0 Å². The molecule has 0 aromatic carbocycles. The second kappa shape index (κ2) is 9.81. The Morgan fingerprint density at radius 3 is 3.00 bits per heavy atom. The molecule has 0 atom stereocenters. The van der Waals surface area contributed by atoms with Crippen molar-refractivity contribution in [3.05, 3.63) is 34.0 Å². The second-order valence-corrected chi connectivity index (χ2v) is 7.47. The number of rotatable bonds is 8. The fraction of sp³-hybridized carbons (Fsp3) is 0.429. The minimum Gasteiger partial charge on any atom is -0.357 e. The first-order chi connectivity index (χ1) is 10.4. The highest BCUT2D eigenvalue weighted by Gasteiger charge is 1.99.